The van der Waals surface area contributed by atoms with E-state index in [-0.39, 0.29) is 21.9 Å². The fourth-order valence-corrected chi connectivity index (χ4v) is 4.82. The molecule has 3 aromatic rings. The van der Waals surface area contributed by atoms with Crippen LogP contribution in [0.5, 0.6) is 0 Å². The first-order chi connectivity index (χ1) is 13.8. The van der Waals surface area contributed by atoms with Gasteiger partial charge in [0.25, 0.3) is 15.9 Å². The number of benzene rings is 2. The van der Waals surface area contributed by atoms with Gasteiger partial charge in [-0.05, 0) is 42.3 Å². The molecule has 0 spiro atoms. The summed E-state index contributed by atoms with van der Waals surface area (Å²) in [4.78, 5) is 23.5. The molecule has 1 heterocycles. The fourth-order valence-electron chi connectivity index (χ4n) is 2.50. The molecule has 0 aliphatic carbocycles. The minimum Gasteiger partial charge on any atom is -0.478 e. The van der Waals surface area contributed by atoms with Crippen molar-refractivity contribution in [1.82, 2.24) is 5.32 Å². The summed E-state index contributed by atoms with van der Waals surface area (Å²) in [5, 5.41) is 13.0. The van der Waals surface area contributed by atoms with E-state index in [4.69, 9.17) is 5.11 Å². The third-order valence-corrected chi connectivity index (χ3v) is 6.58. The standard InChI is InChI=1S/C20H18N2O5S2/c1-13-4-2-3-5-17(13)22-29(26,27)16-10-18(28-12-16)19(23)21-11-14-6-8-15(9-7-14)20(24)25/h2-10,12,22H,11H2,1H3,(H,21,23)(H,24,25). The molecule has 0 saturated heterocycles. The van der Waals surface area contributed by atoms with E-state index in [2.05, 4.69) is 10.0 Å². The number of anilines is 1. The molecule has 3 N–H and O–H groups in total. The number of para-hydroxylation sites is 1. The molecule has 7 nitrogen and oxygen atoms in total. The highest BCUT2D eigenvalue weighted by Gasteiger charge is 2.19. The van der Waals surface area contributed by atoms with E-state index in [1.54, 1.807) is 37.3 Å². The van der Waals surface area contributed by atoms with Gasteiger partial charge in [0.15, 0.2) is 0 Å². The van der Waals surface area contributed by atoms with Crippen LogP contribution in [0.1, 0.15) is 31.2 Å². The monoisotopic (exact) mass is 430 g/mol. The molecular weight excluding hydrogens is 412 g/mol. The predicted molar refractivity (Wildman–Crippen MR) is 111 cm³/mol. The zero-order chi connectivity index (χ0) is 21.0. The van der Waals surface area contributed by atoms with Crippen molar-refractivity contribution < 1.29 is 23.1 Å². The van der Waals surface area contributed by atoms with Crippen molar-refractivity contribution in [3.05, 3.63) is 81.5 Å². The third-order valence-electron chi connectivity index (χ3n) is 4.15. The van der Waals surface area contributed by atoms with E-state index in [0.29, 0.717) is 5.69 Å². The van der Waals surface area contributed by atoms with Gasteiger partial charge in [0, 0.05) is 11.9 Å². The van der Waals surface area contributed by atoms with E-state index >= 15 is 0 Å². The molecule has 0 radical (unpaired) electrons. The molecular formula is C20H18N2O5S2. The van der Waals surface area contributed by atoms with Crippen molar-refractivity contribution in [2.75, 3.05) is 4.72 Å². The van der Waals surface area contributed by atoms with Crippen LogP contribution in [-0.4, -0.2) is 25.4 Å². The smallest absolute Gasteiger partial charge is 0.335 e. The molecule has 0 atom stereocenters. The second-order valence-electron chi connectivity index (χ2n) is 6.25. The molecule has 0 aliphatic rings. The molecule has 0 unspecified atom stereocenters. The number of carboxylic acids is 1. The Kier molecular flexibility index (Phi) is 6.00. The molecule has 9 heteroatoms. The van der Waals surface area contributed by atoms with Crippen LogP contribution in [0, 0.1) is 6.92 Å². The van der Waals surface area contributed by atoms with Gasteiger partial charge in [-0.25, -0.2) is 13.2 Å². The Morgan fingerprint density at radius 3 is 2.41 bits per heavy atom. The highest BCUT2D eigenvalue weighted by molar-refractivity contribution is 7.92. The van der Waals surface area contributed by atoms with Gasteiger partial charge in [0.05, 0.1) is 21.0 Å². The molecule has 1 aromatic heterocycles. The van der Waals surface area contributed by atoms with Gasteiger partial charge in [-0.3, -0.25) is 9.52 Å². The van der Waals surface area contributed by atoms with Crippen LogP contribution >= 0.6 is 11.3 Å². The van der Waals surface area contributed by atoms with Crippen LogP contribution < -0.4 is 10.0 Å². The third kappa shape index (κ3) is 5.01. The van der Waals surface area contributed by atoms with Crippen LogP contribution in [0.15, 0.2) is 64.9 Å². The van der Waals surface area contributed by atoms with Crippen molar-refractivity contribution in [1.29, 1.82) is 0 Å². The zero-order valence-electron chi connectivity index (χ0n) is 15.4. The molecule has 1 amide bonds. The van der Waals surface area contributed by atoms with Crippen molar-refractivity contribution in [3.63, 3.8) is 0 Å². The number of amides is 1. The lowest BCUT2D eigenvalue weighted by atomic mass is 10.1. The second kappa shape index (κ2) is 8.46. The van der Waals surface area contributed by atoms with Gasteiger partial charge in [0.2, 0.25) is 0 Å². The molecule has 0 bridgehead atoms. The van der Waals surface area contributed by atoms with Crippen LogP contribution in [0.25, 0.3) is 0 Å². The first-order valence-electron chi connectivity index (χ1n) is 8.54. The first kappa shape index (κ1) is 20.6. The Hall–Kier alpha value is -3.17. The Labute approximate surface area is 172 Å². The van der Waals surface area contributed by atoms with Crippen molar-refractivity contribution in [2.24, 2.45) is 0 Å². The van der Waals surface area contributed by atoms with Gasteiger partial charge in [0.1, 0.15) is 0 Å². The number of carboxylic acid groups (broad SMARTS) is 1. The Morgan fingerprint density at radius 2 is 1.76 bits per heavy atom. The van der Waals surface area contributed by atoms with Crippen LogP contribution in [0.2, 0.25) is 0 Å². The summed E-state index contributed by atoms with van der Waals surface area (Å²) in [5.41, 5.74) is 2.16. The number of nitrogens with one attached hydrogen (secondary N) is 2. The van der Waals surface area contributed by atoms with Gasteiger partial charge in [-0.15, -0.1) is 11.3 Å². The summed E-state index contributed by atoms with van der Waals surface area (Å²) < 4.78 is 27.7. The lowest BCUT2D eigenvalue weighted by Crippen LogP contribution is -2.22. The van der Waals surface area contributed by atoms with Crippen LogP contribution in [0.3, 0.4) is 0 Å². The zero-order valence-corrected chi connectivity index (χ0v) is 17.0. The molecule has 0 aliphatic heterocycles. The van der Waals surface area contributed by atoms with E-state index in [9.17, 15) is 18.0 Å². The van der Waals surface area contributed by atoms with Crippen molar-refractivity contribution >= 4 is 38.9 Å². The lowest BCUT2D eigenvalue weighted by Gasteiger charge is -2.08. The highest BCUT2D eigenvalue weighted by Crippen LogP contribution is 2.23. The van der Waals surface area contributed by atoms with E-state index in [0.717, 1.165) is 22.5 Å². The number of aromatic carboxylic acids is 1. The SMILES string of the molecule is Cc1ccccc1NS(=O)(=O)c1csc(C(=O)NCc2ccc(C(=O)O)cc2)c1. The summed E-state index contributed by atoms with van der Waals surface area (Å²) >= 11 is 1.03. The van der Waals surface area contributed by atoms with Gasteiger partial charge >= 0.3 is 5.97 Å². The Bertz CT molecular complexity index is 1150. The van der Waals surface area contributed by atoms with Crippen molar-refractivity contribution in [3.8, 4) is 0 Å². The quantitative estimate of drug-likeness (QED) is 0.531. The summed E-state index contributed by atoms with van der Waals surface area (Å²) in [6, 6.07) is 14.5. The van der Waals surface area contributed by atoms with Gasteiger partial charge < -0.3 is 10.4 Å². The number of aryl methyl sites for hydroxylation is 1. The van der Waals surface area contributed by atoms with Gasteiger partial charge in [-0.2, -0.15) is 0 Å². The topological polar surface area (TPSA) is 113 Å². The van der Waals surface area contributed by atoms with Crippen molar-refractivity contribution in [2.45, 2.75) is 18.4 Å². The van der Waals surface area contributed by atoms with E-state index in [1.165, 1.54) is 23.6 Å². The number of rotatable bonds is 7. The maximum atomic E-state index is 12.6. The molecule has 0 saturated carbocycles. The minimum atomic E-state index is -3.80. The summed E-state index contributed by atoms with van der Waals surface area (Å²) in [5.74, 6) is -1.43. The Morgan fingerprint density at radius 1 is 1.07 bits per heavy atom. The van der Waals surface area contributed by atoms with E-state index in [1.807, 2.05) is 6.07 Å². The summed E-state index contributed by atoms with van der Waals surface area (Å²) in [7, 11) is -3.80. The normalized spacial score (nSPS) is 11.1. The summed E-state index contributed by atoms with van der Waals surface area (Å²) in [6.07, 6.45) is 0. The molecule has 0 fully saturated rings. The number of hydrogen-bond acceptors (Lipinski definition) is 5. The number of sulfonamides is 1. The number of thiophene rings is 1. The van der Waals surface area contributed by atoms with Crippen LogP contribution in [0.4, 0.5) is 5.69 Å². The average Bonchev–Trinajstić information content (AvgIpc) is 3.19. The maximum Gasteiger partial charge on any atom is 0.335 e. The molecule has 29 heavy (non-hydrogen) atoms. The van der Waals surface area contributed by atoms with E-state index < -0.39 is 21.9 Å². The lowest BCUT2D eigenvalue weighted by molar-refractivity contribution is 0.0696. The number of hydrogen-bond donors (Lipinski definition) is 3. The van der Waals surface area contributed by atoms with Gasteiger partial charge in [-0.1, -0.05) is 30.3 Å². The first-order valence-corrected chi connectivity index (χ1v) is 10.9. The average molecular weight is 431 g/mol. The highest BCUT2D eigenvalue weighted by atomic mass is 32.2. The minimum absolute atomic E-state index is 0.0155. The fraction of sp³-hybridized carbons (Fsp3) is 0.100. The number of carbonyl (C=O) groups excluding carboxylic acids is 1. The molecule has 3 rings (SSSR count). The number of carbonyl (C=O) groups is 2. The molecule has 150 valence electrons. The second-order valence-corrected chi connectivity index (χ2v) is 8.85. The Balaban J connectivity index is 1.66. The maximum absolute atomic E-state index is 12.6. The largest absolute Gasteiger partial charge is 0.478 e. The summed E-state index contributed by atoms with van der Waals surface area (Å²) in [6.45, 7) is 1.99. The van der Waals surface area contributed by atoms with Crippen LogP contribution in [-0.2, 0) is 16.6 Å². The predicted octanol–water partition coefficient (Wildman–Crippen LogP) is 3.49. The molecule has 2 aromatic carbocycles.